The van der Waals surface area contributed by atoms with Gasteiger partial charge in [-0.15, -0.1) is 0 Å². The summed E-state index contributed by atoms with van der Waals surface area (Å²) in [5.74, 6) is -0.227. The van der Waals surface area contributed by atoms with Gasteiger partial charge in [0.05, 0.1) is 6.08 Å². The summed E-state index contributed by atoms with van der Waals surface area (Å²) in [5.41, 5.74) is 2.61. The third-order valence-electron chi connectivity index (χ3n) is 8.20. The number of halogens is 6. The molecule has 1 nitrogen and oxygen atoms in total. The fourth-order valence-corrected chi connectivity index (χ4v) is 6.33. The van der Waals surface area contributed by atoms with E-state index in [1.165, 1.54) is 6.07 Å². The molecule has 202 valence electrons. The van der Waals surface area contributed by atoms with Gasteiger partial charge in [0.25, 0.3) is 6.08 Å². The van der Waals surface area contributed by atoms with Crippen LogP contribution in [-0.2, 0) is 6.42 Å². The molecule has 2 saturated carbocycles. The van der Waals surface area contributed by atoms with Gasteiger partial charge in [0, 0.05) is 0 Å². The second kappa shape index (κ2) is 12.0. The lowest BCUT2D eigenvalue weighted by Gasteiger charge is -2.38. The zero-order chi connectivity index (χ0) is 26.6. The van der Waals surface area contributed by atoms with Crippen LogP contribution in [0.25, 0.3) is 0 Å². The van der Waals surface area contributed by atoms with Crippen molar-refractivity contribution in [2.75, 3.05) is 0 Å². The molecule has 0 atom stereocenters. The Balaban J connectivity index is 1.28. The second-order valence-electron chi connectivity index (χ2n) is 10.6. The number of hydrogen-bond donors (Lipinski definition) is 0. The maximum absolute atomic E-state index is 14.7. The quantitative estimate of drug-likeness (QED) is 0.312. The van der Waals surface area contributed by atoms with Crippen LogP contribution < -0.4 is 4.74 Å². The molecule has 2 aliphatic carbocycles. The van der Waals surface area contributed by atoms with Gasteiger partial charge in [-0.1, -0.05) is 31.5 Å². The first-order valence-corrected chi connectivity index (χ1v) is 13.3. The Morgan fingerprint density at radius 3 is 2.00 bits per heavy atom. The van der Waals surface area contributed by atoms with E-state index in [1.54, 1.807) is 12.1 Å². The van der Waals surface area contributed by atoms with Gasteiger partial charge in [0.1, 0.15) is 5.82 Å². The molecule has 2 fully saturated rings. The van der Waals surface area contributed by atoms with Gasteiger partial charge in [0.2, 0.25) is 0 Å². The highest BCUT2D eigenvalue weighted by Crippen LogP contribution is 2.46. The van der Waals surface area contributed by atoms with Crippen LogP contribution in [0.15, 0.2) is 48.6 Å². The lowest BCUT2D eigenvalue weighted by Crippen LogP contribution is -2.25. The summed E-state index contributed by atoms with van der Waals surface area (Å²) < 4.78 is 84.4. The van der Waals surface area contributed by atoms with Crippen LogP contribution in [0.5, 0.6) is 5.75 Å². The highest BCUT2D eigenvalue weighted by atomic mass is 19.3. The molecule has 2 aromatic rings. The van der Waals surface area contributed by atoms with E-state index in [1.807, 2.05) is 6.07 Å². The molecule has 0 amide bonds. The predicted molar refractivity (Wildman–Crippen MR) is 132 cm³/mol. The van der Waals surface area contributed by atoms with Crippen molar-refractivity contribution < 1.29 is 31.1 Å². The van der Waals surface area contributed by atoms with Crippen molar-refractivity contribution in [2.24, 2.45) is 11.8 Å². The molecule has 2 aromatic carbocycles. The lowest BCUT2D eigenvalue weighted by molar-refractivity contribution is -0.135. The first kappa shape index (κ1) is 27.6. The van der Waals surface area contributed by atoms with Gasteiger partial charge in [-0.2, -0.15) is 17.6 Å². The third-order valence-corrected chi connectivity index (χ3v) is 8.20. The Hall–Kier alpha value is -2.44. The Bertz CT molecular complexity index is 1080. The van der Waals surface area contributed by atoms with Gasteiger partial charge in [-0.3, -0.25) is 0 Å². The van der Waals surface area contributed by atoms with E-state index in [0.29, 0.717) is 17.4 Å². The van der Waals surface area contributed by atoms with E-state index in [-0.39, 0.29) is 17.7 Å². The van der Waals surface area contributed by atoms with Crippen molar-refractivity contribution in [2.45, 2.75) is 89.1 Å². The molecular formula is C30H34F6O. The zero-order valence-electron chi connectivity index (χ0n) is 21.1. The monoisotopic (exact) mass is 524 g/mol. The summed E-state index contributed by atoms with van der Waals surface area (Å²) >= 11 is 0. The minimum Gasteiger partial charge on any atom is -0.426 e. The third kappa shape index (κ3) is 7.11. The number of hydrogen-bond acceptors (Lipinski definition) is 1. The fraction of sp³-hybridized carbons (Fsp3) is 0.533. The summed E-state index contributed by atoms with van der Waals surface area (Å²) in [6.07, 6.45) is 2.30. The van der Waals surface area contributed by atoms with E-state index in [4.69, 9.17) is 0 Å². The Morgan fingerprint density at radius 1 is 0.838 bits per heavy atom. The minimum absolute atomic E-state index is 0.0756. The van der Waals surface area contributed by atoms with Crippen LogP contribution in [0.3, 0.4) is 0 Å². The van der Waals surface area contributed by atoms with Gasteiger partial charge < -0.3 is 4.74 Å². The molecule has 2 aliphatic rings. The van der Waals surface area contributed by atoms with Crippen molar-refractivity contribution >= 4 is 0 Å². The molecular weight excluding hydrogens is 490 g/mol. The zero-order valence-corrected chi connectivity index (χ0v) is 21.1. The number of aryl methyl sites for hydroxylation is 1. The average molecular weight is 525 g/mol. The number of alkyl halides is 2. The van der Waals surface area contributed by atoms with Crippen LogP contribution in [0.4, 0.5) is 26.3 Å². The molecule has 0 bridgehead atoms. The molecule has 0 unspecified atom stereocenters. The van der Waals surface area contributed by atoms with Crippen LogP contribution in [0.1, 0.15) is 93.2 Å². The van der Waals surface area contributed by atoms with E-state index in [9.17, 15) is 26.3 Å². The Labute approximate surface area is 214 Å². The molecule has 4 rings (SSSR count). The average Bonchev–Trinajstić information content (AvgIpc) is 2.85. The normalized spacial score (nSPS) is 24.5. The maximum Gasteiger partial charge on any atom is 0.425 e. The van der Waals surface area contributed by atoms with Crippen LogP contribution in [0, 0.1) is 23.5 Å². The van der Waals surface area contributed by atoms with Gasteiger partial charge in [0.15, 0.2) is 11.6 Å². The van der Waals surface area contributed by atoms with Gasteiger partial charge >= 0.3 is 6.11 Å². The number of benzene rings is 2. The molecule has 0 spiro atoms. The Morgan fingerprint density at radius 2 is 1.46 bits per heavy atom. The molecule has 0 N–H and O–H groups in total. The first-order chi connectivity index (χ1) is 17.6. The summed E-state index contributed by atoms with van der Waals surface area (Å²) in [7, 11) is 0. The lowest BCUT2D eigenvalue weighted by atomic mass is 9.67. The molecule has 0 heterocycles. The molecule has 0 aromatic heterocycles. The number of rotatable bonds is 8. The van der Waals surface area contributed by atoms with Crippen LogP contribution >= 0.6 is 0 Å². The van der Waals surface area contributed by atoms with Crippen molar-refractivity contribution in [3.05, 3.63) is 76.9 Å². The van der Waals surface area contributed by atoms with Crippen molar-refractivity contribution in [3.8, 4) is 5.75 Å². The highest BCUT2D eigenvalue weighted by molar-refractivity contribution is 5.32. The van der Waals surface area contributed by atoms with Gasteiger partial charge in [-0.05, 0) is 116 Å². The standard InChI is InChI=1S/C30H34F6O/c1-2-3-19-4-14-25(26(31)16-19)23-11-9-21(10-12-23)20-5-7-22(8-6-20)24-13-15-28(27(32)17-24)37-30(35,36)18-29(33)34/h4,13-18,20-23H,2-3,5-12H2,1H3. The minimum atomic E-state index is -4.29. The Kier molecular flexibility index (Phi) is 8.91. The number of ether oxygens (including phenoxy) is 1. The van der Waals surface area contributed by atoms with Crippen molar-refractivity contribution in [1.82, 2.24) is 0 Å². The van der Waals surface area contributed by atoms with Gasteiger partial charge in [-0.25, -0.2) is 8.78 Å². The molecule has 0 saturated heterocycles. The summed E-state index contributed by atoms with van der Waals surface area (Å²) in [6, 6.07) is 9.54. The molecule has 0 radical (unpaired) electrons. The van der Waals surface area contributed by atoms with E-state index >= 15 is 0 Å². The summed E-state index contributed by atoms with van der Waals surface area (Å²) in [5, 5.41) is 0. The molecule has 37 heavy (non-hydrogen) atoms. The summed E-state index contributed by atoms with van der Waals surface area (Å²) in [4.78, 5) is 0. The van der Waals surface area contributed by atoms with Crippen molar-refractivity contribution in [3.63, 3.8) is 0 Å². The smallest absolute Gasteiger partial charge is 0.425 e. The van der Waals surface area contributed by atoms with E-state index in [0.717, 1.165) is 81.4 Å². The van der Waals surface area contributed by atoms with Crippen LogP contribution in [-0.4, -0.2) is 6.11 Å². The largest absolute Gasteiger partial charge is 0.426 e. The molecule has 7 heteroatoms. The highest BCUT2D eigenvalue weighted by Gasteiger charge is 2.34. The SMILES string of the molecule is CCCc1ccc(C2CCC(C3CCC(c4ccc(OC(F)(F)C=C(F)F)c(F)c4)CC3)CC2)c(F)c1. The maximum atomic E-state index is 14.7. The second-order valence-corrected chi connectivity index (χ2v) is 10.6. The van der Waals surface area contributed by atoms with Crippen molar-refractivity contribution in [1.29, 1.82) is 0 Å². The van der Waals surface area contributed by atoms with E-state index < -0.39 is 29.8 Å². The topological polar surface area (TPSA) is 9.23 Å². The first-order valence-electron chi connectivity index (χ1n) is 13.3. The summed E-state index contributed by atoms with van der Waals surface area (Å²) in [6.45, 7) is 2.09. The van der Waals surface area contributed by atoms with Crippen LogP contribution in [0.2, 0.25) is 0 Å². The molecule has 0 aliphatic heterocycles. The predicted octanol–water partition coefficient (Wildman–Crippen LogP) is 9.92. The van der Waals surface area contributed by atoms with E-state index in [2.05, 4.69) is 17.7 Å². The fourth-order valence-electron chi connectivity index (χ4n) is 6.33.